The highest BCUT2D eigenvalue weighted by Crippen LogP contribution is 2.33. The number of para-hydroxylation sites is 1. The molecule has 0 saturated carbocycles. The van der Waals surface area contributed by atoms with Gasteiger partial charge in [-0.25, -0.2) is 0 Å². The zero-order chi connectivity index (χ0) is 14.7. The Morgan fingerprint density at radius 2 is 1.80 bits per heavy atom. The molecule has 20 heavy (non-hydrogen) atoms. The predicted octanol–water partition coefficient (Wildman–Crippen LogP) is 4.92. The summed E-state index contributed by atoms with van der Waals surface area (Å²) in [5.41, 5.74) is 1.66. The van der Waals surface area contributed by atoms with E-state index in [1.165, 1.54) is 0 Å². The summed E-state index contributed by atoms with van der Waals surface area (Å²) >= 11 is 5.68. The number of aliphatic hydroxyl groups excluding tert-OH is 1. The van der Waals surface area contributed by atoms with Gasteiger partial charge in [-0.15, -0.1) is 0 Å². The first-order valence-electron chi connectivity index (χ1n) is 6.37. The van der Waals surface area contributed by atoms with Gasteiger partial charge in [-0.3, -0.25) is 0 Å². The molecule has 0 spiro atoms. The third-order valence-electron chi connectivity index (χ3n) is 2.83. The maximum absolute atomic E-state index is 10.7. The molecule has 2 nitrogen and oxygen atoms in total. The predicted molar refractivity (Wildman–Crippen MR) is 93.1 cm³/mol. The summed E-state index contributed by atoms with van der Waals surface area (Å²) in [4.78, 5) is 0. The Morgan fingerprint density at radius 1 is 1.10 bits per heavy atom. The van der Waals surface area contributed by atoms with Crippen LogP contribution in [-0.2, 0) is 0 Å². The lowest BCUT2D eigenvalue weighted by molar-refractivity contribution is 0.197. The standard InChI is InChI=1S/C16H16BrIO2/c1-10(2)20-15-6-4-3-5-12(15)16(19)13-9-11(17)7-8-14(13)18/h3-10,16,19H,1-2H3. The van der Waals surface area contributed by atoms with E-state index in [0.29, 0.717) is 0 Å². The molecule has 0 radical (unpaired) electrons. The van der Waals surface area contributed by atoms with Gasteiger partial charge in [-0.1, -0.05) is 34.1 Å². The SMILES string of the molecule is CC(C)Oc1ccccc1C(O)c1cc(Br)ccc1I. The van der Waals surface area contributed by atoms with Crippen molar-refractivity contribution < 1.29 is 9.84 Å². The Hall–Kier alpha value is -0.590. The van der Waals surface area contributed by atoms with Gasteiger partial charge in [0.1, 0.15) is 11.9 Å². The normalized spacial score (nSPS) is 12.5. The van der Waals surface area contributed by atoms with Crippen LogP contribution in [0.4, 0.5) is 0 Å². The minimum Gasteiger partial charge on any atom is -0.491 e. The molecule has 0 fully saturated rings. The molecule has 0 saturated heterocycles. The van der Waals surface area contributed by atoms with Gasteiger partial charge < -0.3 is 9.84 Å². The summed E-state index contributed by atoms with van der Waals surface area (Å²) in [6.07, 6.45) is -0.626. The number of rotatable bonds is 4. The molecular weight excluding hydrogens is 431 g/mol. The van der Waals surface area contributed by atoms with Gasteiger partial charge in [0.05, 0.1) is 6.10 Å². The van der Waals surface area contributed by atoms with Crippen LogP contribution in [0, 0.1) is 3.57 Å². The van der Waals surface area contributed by atoms with Crippen molar-refractivity contribution in [2.75, 3.05) is 0 Å². The topological polar surface area (TPSA) is 29.5 Å². The zero-order valence-electron chi connectivity index (χ0n) is 11.3. The van der Waals surface area contributed by atoms with Crippen molar-refractivity contribution in [1.29, 1.82) is 0 Å². The van der Waals surface area contributed by atoms with E-state index >= 15 is 0 Å². The molecule has 0 aliphatic heterocycles. The minimum absolute atomic E-state index is 0.0740. The summed E-state index contributed by atoms with van der Waals surface area (Å²) < 4.78 is 7.76. The Balaban J connectivity index is 2.42. The maximum Gasteiger partial charge on any atom is 0.125 e. The second-order valence-electron chi connectivity index (χ2n) is 4.77. The molecule has 0 aliphatic carbocycles. The van der Waals surface area contributed by atoms with Crippen LogP contribution in [-0.4, -0.2) is 11.2 Å². The van der Waals surface area contributed by atoms with Crippen molar-refractivity contribution in [2.45, 2.75) is 26.1 Å². The van der Waals surface area contributed by atoms with Gasteiger partial charge in [0.15, 0.2) is 0 Å². The maximum atomic E-state index is 10.7. The average molecular weight is 447 g/mol. The highest BCUT2D eigenvalue weighted by Gasteiger charge is 2.18. The first-order valence-corrected chi connectivity index (χ1v) is 8.25. The average Bonchev–Trinajstić information content (AvgIpc) is 2.41. The first kappa shape index (κ1) is 15.8. The number of hydrogen-bond donors (Lipinski definition) is 1. The minimum atomic E-state index is -0.700. The van der Waals surface area contributed by atoms with Crippen LogP contribution in [0.1, 0.15) is 31.1 Å². The molecule has 2 aromatic rings. The van der Waals surface area contributed by atoms with Gasteiger partial charge in [0.2, 0.25) is 0 Å². The third kappa shape index (κ3) is 3.74. The largest absolute Gasteiger partial charge is 0.491 e. The van der Waals surface area contributed by atoms with Crippen LogP contribution in [0.2, 0.25) is 0 Å². The van der Waals surface area contributed by atoms with Gasteiger partial charge in [-0.2, -0.15) is 0 Å². The van der Waals surface area contributed by atoms with Gasteiger partial charge >= 0.3 is 0 Å². The monoisotopic (exact) mass is 446 g/mol. The number of halogens is 2. The molecule has 2 rings (SSSR count). The Labute approximate surface area is 141 Å². The fourth-order valence-electron chi connectivity index (χ4n) is 1.96. The summed E-state index contributed by atoms with van der Waals surface area (Å²) in [7, 11) is 0. The van der Waals surface area contributed by atoms with Crippen molar-refractivity contribution in [2.24, 2.45) is 0 Å². The fourth-order valence-corrected chi connectivity index (χ4v) is 2.97. The van der Waals surface area contributed by atoms with Crippen molar-refractivity contribution in [1.82, 2.24) is 0 Å². The number of benzene rings is 2. The lowest BCUT2D eigenvalue weighted by Crippen LogP contribution is -2.10. The lowest BCUT2D eigenvalue weighted by atomic mass is 10.0. The second-order valence-corrected chi connectivity index (χ2v) is 6.85. The van der Waals surface area contributed by atoms with E-state index in [-0.39, 0.29) is 6.10 Å². The molecule has 0 aliphatic rings. The molecule has 106 valence electrons. The Morgan fingerprint density at radius 3 is 2.50 bits per heavy atom. The molecule has 0 bridgehead atoms. The van der Waals surface area contributed by atoms with E-state index in [1.807, 2.05) is 56.3 Å². The molecular formula is C16H16BrIO2. The lowest BCUT2D eigenvalue weighted by Gasteiger charge is -2.19. The number of ether oxygens (including phenoxy) is 1. The van der Waals surface area contributed by atoms with E-state index in [4.69, 9.17) is 4.74 Å². The third-order valence-corrected chi connectivity index (χ3v) is 4.30. The highest BCUT2D eigenvalue weighted by molar-refractivity contribution is 14.1. The van der Waals surface area contributed by atoms with Crippen molar-refractivity contribution in [3.8, 4) is 5.75 Å². The summed E-state index contributed by atoms with van der Waals surface area (Å²) in [5, 5.41) is 10.7. The van der Waals surface area contributed by atoms with Crippen LogP contribution in [0.5, 0.6) is 5.75 Å². The number of hydrogen-bond acceptors (Lipinski definition) is 2. The zero-order valence-corrected chi connectivity index (χ0v) is 15.1. The summed E-state index contributed by atoms with van der Waals surface area (Å²) in [5.74, 6) is 0.728. The fraction of sp³-hybridized carbons (Fsp3) is 0.250. The molecule has 1 unspecified atom stereocenters. The van der Waals surface area contributed by atoms with Crippen molar-refractivity contribution in [3.05, 3.63) is 61.6 Å². The summed E-state index contributed by atoms with van der Waals surface area (Å²) in [6, 6.07) is 13.5. The van der Waals surface area contributed by atoms with Crippen LogP contribution >= 0.6 is 38.5 Å². The highest BCUT2D eigenvalue weighted by atomic mass is 127. The van der Waals surface area contributed by atoms with Gasteiger partial charge in [0, 0.05) is 13.6 Å². The smallest absolute Gasteiger partial charge is 0.125 e. The van der Waals surface area contributed by atoms with Crippen LogP contribution < -0.4 is 4.74 Å². The quantitative estimate of drug-likeness (QED) is 0.675. The van der Waals surface area contributed by atoms with Gasteiger partial charge in [-0.05, 0) is 66.3 Å². The van der Waals surface area contributed by atoms with Crippen LogP contribution in [0.3, 0.4) is 0 Å². The van der Waals surface area contributed by atoms with Crippen LogP contribution in [0.25, 0.3) is 0 Å². The Kier molecular flexibility index (Phi) is 5.46. The van der Waals surface area contributed by atoms with E-state index in [0.717, 1.165) is 24.9 Å². The van der Waals surface area contributed by atoms with E-state index < -0.39 is 6.10 Å². The molecule has 4 heteroatoms. The van der Waals surface area contributed by atoms with E-state index in [2.05, 4.69) is 38.5 Å². The van der Waals surface area contributed by atoms with Crippen molar-refractivity contribution >= 4 is 38.5 Å². The van der Waals surface area contributed by atoms with Crippen molar-refractivity contribution in [3.63, 3.8) is 0 Å². The molecule has 0 aromatic heterocycles. The van der Waals surface area contributed by atoms with Gasteiger partial charge in [0.25, 0.3) is 0 Å². The molecule has 0 amide bonds. The summed E-state index contributed by atoms with van der Waals surface area (Å²) in [6.45, 7) is 3.96. The Bertz CT molecular complexity index is 599. The van der Waals surface area contributed by atoms with E-state index in [1.54, 1.807) is 0 Å². The number of aliphatic hydroxyl groups is 1. The molecule has 1 N–H and O–H groups in total. The van der Waals surface area contributed by atoms with E-state index in [9.17, 15) is 5.11 Å². The molecule has 2 aromatic carbocycles. The van der Waals surface area contributed by atoms with Crippen LogP contribution in [0.15, 0.2) is 46.9 Å². The molecule has 0 heterocycles. The molecule has 1 atom stereocenters. The first-order chi connectivity index (χ1) is 9.49. The second kappa shape index (κ2) is 6.91.